The van der Waals surface area contributed by atoms with Gasteiger partial charge in [-0.2, -0.15) is 0 Å². The Morgan fingerprint density at radius 2 is 1.94 bits per heavy atom. The van der Waals surface area contributed by atoms with Gasteiger partial charge in [0.05, 0.1) is 38.0 Å². The summed E-state index contributed by atoms with van der Waals surface area (Å²) in [5.41, 5.74) is 1.53. The highest BCUT2D eigenvalue weighted by Crippen LogP contribution is 2.38. The lowest BCUT2D eigenvalue weighted by molar-refractivity contribution is -0.139. The molecule has 0 fully saturated rings. The molecule has 0 N–H and O–H groups in total. The first kappa shape index (κ1) is 23.8. The Hall–Kier alpha value is -2.89. The molecule has 1 aliphatic heterocycles. The van der Waals surface area contributed by atoms with Gasteiger partial charge in [0, 0.05) is 11.3 Å². The minimum atomic E-state index is -0.493. The Morgan fingerprint density at radius 1 is 1.20 bits per heavy atom. The van der Waals surface area contributed by atoms with Crippen LogP contribution in [0.3, 0.4) is 0 Å². The normalized spacial score (nSPS) is 16.6. The monoisotopic (exact) mass is 514 g/mol. The number of rotatable bonds is 6. The number of carbonyl (C=O) groups excluding carboxylic acids is 1. The first-order valence-corrected chi connectivity index (χ1v) is 13.0. The molecule has 0 saturated heterocycles. The fraction of sp³-hybridized carbons (Fsp3) is 0.417. The van der Waals surface area contributed by atoms with Crippen LogP contribution in [0, 0.1) is 5.92 Å². The van der Waals surface area contributed by atoms with Gasteiger partial charge in [-0.1, -0.05) is 25.6 Å². The average Bonchev–Trinajstić information content (AvgIpc) is 3.45. The second kappa shape index (κ2) is 9.29. The Kier molecular flexibility index (Phi) is 6.32. The molecule has 4 heterocycles. The summed E-state index contributed by atoms with van der Waals surface area (Å²) < 4.78 is 19.7. The van der Waals surface area contributed by atoms with Crippen LogP contribution >= 0.6 is 23.1 Å². The van der Waals surface area contributed by atoms with Gasteiger partial charge in [0.1, 0.15) is 15.8 Å². The largest absolute Gasteiger partial charge is 0.497 e. The predicted molar refractivity (Wildman–Crippen MR) is 135 cm³/mol. The first-order valence-electron chi connectivity index (χ1n) is 11.3. The van der Waals surface area contributed by atoms with Crippen molar-refractivity contribution in [3.05, 3.63) is 45.1 Å². The average molecular weight is 515 g/mol. The molecule has 11 heteroatoms. The quantitative estimate of drug-likeness (QED) is 0.283. The molecule has 0 unspecified atom stereocenters. The molecule has 0 amide bonds. The number of esters is 1. The SMILES string of the molecule is COC(=O)[C@@H](C)Sc1nnc2n(-c3ccc(OC)cc3)c(=O)c3c4c(sc3n12)CO[C@H](C(C)C)C4. The summed E-state index contributed by atoms with van der Waals surface area (Å²) in [5.74, 6) is 1.04. The lowest BCUT2D eigenvalue weighted by Gasteiger charge is -2.26. The molecule has 184 valence electrons. The molecule has 4 aromatic rings. The van der Waals surface area contributed by atoms with Crippen molar-refractivity contribution < 1.29 is 19.0 Å². The molecule has 5 rings (SSSR count). The van der Waals surface area contributed by atoms with E-state index in [0.29, 0.717) is 46.7 Å². The molecule has 3 aromatic heterocycles. The summed E-state index contributed by atoms with van der Waals surface area (Å²) in [7, 11) is 2.96. The first-order chi connectivity index (χ1) is 16.8. The summed E-state index contributed by atoms with van der Waals surface area (Å²) in [4.78, 5) is 27.9. The number of carbonyl (C=O) groups is 1. The van der Waals surface area contributed by atoms with Crippen LogP contribution in [0.25, 0.3) is 21.7 Å². The van der Waals surface area contributed by atoms with Crippen molar-refractivity contribution in [3.8, 4) is 11.4 Å². The fourth-order valence-corrected chi connectivity index (χ4v) is 6.45. The number of methoxy groups -OCH3 is 2. The molecular formula is C24H26N4O5S2. The molecule has 0 radical (unpaired) electrons. The van der Waals surface area contributed by atoms with Crippen molar-refractivity contribution in [2.45, 2.75) is 50.3 Å². The molecule has 0 bridgehead atoms. The van der Waals surface area contributed by atoms with Crippen LogP contribution in [-0.4, -0.2) is 50.7 Å². The van der Waals surface area contributed by atoms with Gasteiger partial charge in [0.2, 0.25) is 5.78 Å². The third-order valence-corrected chi connectivity index (χ3v) is 8.44. The Morgan fingerprint density at radius 3 is 2.60 bits per heavy atom. The second-order valence-corrected chi connectivity index (χ2v) is 11.1. The van der Waals surface area contributed by atoms with Crippen LogP contribution in [0.2, 0.25) is 0 Å². The third kappa shape index (κ3) is 4.01. The number of benzene rings is 1. The zero-order chi connectivity index (χ0) is 24.9. The van der Waals surface area contributed by atoms with Crippen LogP contribution in [0.15, 0.2) is 34.2 Å². The van der Waals surface area contributed by atoms with Crippen LogP contribution in [-0.2, 0) is 27.3 Å². The second-order valence-electron chi connectivity index (χ2n) is 8.72. The van der Waals surface area contributed by atoms with Crippen molar-refractivity contribution in [3.63, 3.8) is 0 Å². The minimum Gasteiger partial charge on any atom is -0.497 e. The number of aromatic nitrogens is 4. The maximum absolute atomic E-state index is 14.0. The number of hydrogen-bond donors (Lipinski definition) is 0. The number of thiophene rings is 1. The predicted octanol–water partition coefficient (Wildman–Crippen LogP) is 3.85. The fourth-order valence-electron chi connectivity index (χ4n) is 4.28. The lowest BCUT2D eigenvalue weighted by Crippen LogP contribution is -2.28. The van der Waals surface area contributed by atoms with E-state index in [1.165, 1.54) is 30.2 Å². The van der Waals surface area contributed by atoms with Gasteiger partial charge in [-0.25, -0.2) is 8.97 Å². The van der Waals surface area contributed by atoms with E-state index in [0.717, 1.165) is 15.3 Å². The van der Waals surface area contributed by atoms with Gasteiger partial charge in [0.15, 0.2) is 5.16 Å². The third-order valence-electron chi connectivity index (χ3n) is 6.23. The molecule has 0 spiro atoms. The number of fused-ring (bicyclic) bond motifs is 5. The van der Waals surface area contributed by atoms with Gasteiger partial charge >= 0.3 is 5.97 Å². The van der Waals surface area contributed by atoms with E-state index in [2.05, 4.69) is 24.0 Å². The molecule has 1 aromatic carbocycles. The highest BCUT2D eigenvalue weighted by Gasteiger charge is 2.30. The molecule has 9 nitrogen and oxygen atoms in total. The van der Waals surface area contributed by atoms with Crippen molar-refractivity contribution in [1.82, 2.24) is 19.2 Å². The highest BCUT2D eigenvalue weighted by atomic mass is 32.2. The molecule has 2 atom stereocenters. The summed E-state index contributed by atoms with van der Waals surface area (Å²) in [5, 5.41) is 9.43. The number of hydrogen-bond acceptors (Lipinski definition) is 9. The molecule has 0 saturated carbocycles. The Labute approximate surface area is 210 Å². The molecule has 35 heavy (non-hydrogen) atoms. The maximum atomic E-state index is 14.0. The summed E-state index contributed by atoms with van der Waals surface area (Å²) in [6.07, 6.45) is 0.707. The Balaban J connectivity index is 1.80. The molecule has 1 aliphatic rings. The van der Waals surface area contributed by atoms with E-state index >= 15 is 0 Å². The van der Waals surface area contributed by atoms with Crippen LogP contribution in [0.1, 0.15) is 31.2 Å². The topological polar surface area (TPSA) is 97.0 Å². The molecular weight excluding hydrogens is 488 g/mol. The zero-order valence-electron chi connectivity index (χ0n) is 20.1. The van der Waals surface area contributed by atoms with E-state index in [4.69, 9.17) is 14.2 Å². The van der Waals surface area contributed by atoms with Gasteiger partial charge in [0.25, 0.3) is 5.56 Å². The molecule has 0 aliphatic carbocycles. The number of ether oxygens (including phenoxy) is 3. The van der Waals surface area contributed by atoms with Crippen LogP contribution in [0.4, 0.5) is 0 Å². The summed E-state index contributed by atoms with van der Waals surface area (Å²) >= 11 is 2.77. The van der Waals surface area contributed by atoms with E-state index in [1.807, 2.05) is 16.5 Å². The van der Waals surface area contributed by atoms with Gasteiger partial charge in [-0.15, -0.1) is 21.5 Å². The maximum Gasteiger partial charge on any atom is 0.318 e. The minimum absolute atomic E-state index is 0.0407. The van der Waals surface area contributed by atoms with Crippen LogP contribution < -0.4 is 10.3 Å². The van der Waals surface area contributed by atoms with Crippen molar-refractivity contribution in [2.75, 3.05) is 14.2 Å². The summed E-state index contributed by atoms with van der Waals surface area (Å²) in [6.45, 7) is 6.47. The van der Waals surface area contributed by atoms with E-state index in [9.17, 15) is 9.59 Å². The van der Waals surface area contributed by atoms with Gasteiger partial charge < -0.3 is 14.2 Å². The van der Waals surface area contributed by atoms with Crippen molar-refractivity contribution >= 4 is 45.1 Å². The summed E-state index contributed by atoms with van der Waals surface area (Å²) in [6, 6.07) is 7.26. The number of nitrogens with zero attached hydrogens (tertiary/aromatic N) is 4. The highest BCUT2D eigenvalue weighted by molar-refractivity contribution is 8.00. The zero-order valence-corrected chi connectivity index (χ0v) is 21.7. The van der Waals surface area contributed by atoms with Crippen molar-refractivity contribution in [2.24, 2.45) is 5.92 Å². The smallest absolute Gasteiger partial charge is 0.318 e. The Bertz CT molecular complexity index is 1470. The lowest BCUT2D eigenvalue weighted by atomic mass is 9.96. The number of thioether (sulfide) groups is 1. The van der Waals surface area contributed by atoms with E-state index in [1.54, 1.807) is 30.7 Å². The van der Waals surface area contributed by atoms with Gasteiger partial charge in [-0.05, 0) is 42.7 Å². The van der Waals surface area contributed by atoms with E-state index in [-0.39, 0.29) is 17.6 Å². The van der Waals surface area contributed by atoms with Crippen molar-refractivity contribution in [1.29, 1.82) is 0 Å². The van der Waals surface area contributed by atoms with E-state index < -0.39 is 5.25 Å². The van der Waals surface area contributed by atoms with Gasteiger partial charge in [-0.3, -0.25) is 9.59 Å². The van der Waals surface area contributed by atoms with Crippen LogP contribution in [0.5, 0.6) is 5.75 Å². The standard InChI is InChI=1S/C24H26N4O5S2/c1-12(2)17-10-16-18(11-33-17)35-21-19(16)20(29)27(14-6-8-15(31-4)9-7-14)23-25-26-24(28(21)23)34-13(3)22(30)32-5/h6-9,12-13,17H,10-11H2,1-5H3/t13-,17+/m1/s1.